The number of nitrogens with one attached hydrogen (secondary N) is 1. The molecule has 4 heteroatoms. The predicted octanol–water partition coefficient (Wildman–Crippen LogP) is 3.84. The number of hydrogen-bond donors (Lipinski definition) is 1. The number of ether oxygens (including phenoxy) is 1. The summed E-state index contributed by atoms with van der Waals surface area (Å²) in [5.41, 5.74) is 1.84. The van der Waals surface area contributed by atoms with E-state index in [2.05, 4.69) is 5.32 Å². The quantitative estimate of drug-likeness (QED) is 0.812. The maximum absolute atomic E-state index is 12.0. The minimum absolute atomic E-state index is 0.279. The number of hydrogen-bond acceptors (Lipinski definition) is 3. The molecule has 120 valence electrons. The summed E-state index contributed by atoms with van der Waals surface area (Å²) < 4.78 is 5.22. The van der Waals surface area contributed by atoms with E-state index in [0.29, 0.717) is 18.0 Å². The van der Waals surface area contributed by atoms with Crippen LogP contribution in [0.15, 0.2) is 24.3 Å². The number of benzene rings is 1. The fourth-order valence-corrected chi connectivity index (χ4v) is 2.81. The van der Waals surface area contributed by atoms with Gasteiger partial charge in [0.1, 0.15) is 0 Å². The van der Waals surface area contributed by atoms with Crippen molar-refractivity contribution in [1.82, 2.24) is 0 Å². The average molecular weight is 303 g/mol. The lowest BCUT2D eigenvalue weighted by molar-refractivity contribution is -0.153. The minimum Gasteiger partial charge on any atom is -0.453 e. The van der Waals surface area contributed by atoms with Crippen molar-refractivity contribution in [2.24, 2.45) is 5.92 Å². The number of aryl methyl sites for hydroxylation is 1. The van der Waals surface area contributed by atoms with Gasteiger partial charge in [0.25, 0.3) is 5.91 Å². The summed E-state index contributed by atoms with van der Waals surface area (Å²) in [7, 11) is 0. The highest BCUT2D eigenvalue weighted by Gasteiger charge is 2.20. The van der Waals surface area contributed by atoms with Crippen molar-refractivity contribution in [2.75, 3.05) is 5.32 Å². The van der Waals surface area contributed by atoms with Crippen molar-refractivity contribution >= 4 is 17.6 Å². The van der Waals surface area contributed by atoms with Gasteiger partial charge in [0, 0.05) is 12.1 Å². The molecule has 0 unspecified atom stereocenters. The Morgan fingerprint density at radius 3 is 2.50 bits per heavy atom. The molecule has 1 N–H and O–H groups in total. The second-order valence-corrected chi connectivity index (χ2v) is 6.18. The van der Waals surface area contributed by atoms with Crippen molar-refractivity contribution in [3.63, 3.8) is 0 Å². The second-order valence-electron chi connectivity index (χ2n) is 6.18. The van der Waals surface area contributed by atoms with E-state index >= 15 is 0 Å². The third-order valence-corrected chi connectivity index (χ3v) is 4.23. The third-order valence-electron chi connectivity index (χ3n) is 4.23. The number of carbonyl (C=O) groups excluding carboxylic acids is 2. The molecule has 1 fully saturated rings. The van der Waals surface area contributed by atoms with E-state index in [1.54, 1.807) is 6.92 Å². The number of anilines is 1. The fraction of sp³-hybridized carbons (Fsp3) is 0.556. The highest BCUT2D eigenvalue weighted by molar-refractivity contribution is 5.95. The number of amides is 1. The first-order valence-corrected chi connectivity index (χ1v) is 8.11. The van der Waals surface area contributed by atoms with Crippen LogP contribution >= 0.6 is 0 Å². The van der Waals surface area contributed by atoms with Crippen LogP contribution in [-0.2, 0) is 14.3 Å². The summed E-state index contributed by atoms with van der Waals surface area (Å²) in [6.45, 7) is 3.59. The maximum Gasteiger partial charge on any atom is 0.306 e. The van der Waals surface area contributed by atoms with Crippen LogP contribution in [0.4, 0.5) is 5.69 Å². The highest BCUT2D eigenvalue weighted by Crippen LogP contribution is 2.28. The van der Waals surface area contributed by atoms with Crippen LogP contribution in [0.3, 0.4) is 0 Å². The molecule has 0 aliphatic heterocycles. The molecular formula is C18H25NO3. The van der Waals surface area contributed by atoms with Gasteiger partial charge in [0.15, 0.2) is 6.10 Å². The third kappa shape index (κ3) is 5.17. The van der Waals surface area contributed by atoms with Gasteiger partial charge in [0.2, 0.25) is 0 Å². The lowest BCUT2D eigenvalue weighted by Crippen LogP contribution is -2.30. The molecule has 0 aromatic heterocycles. The summed E-state index contributed by atoms with van der Waals surface area (Å²) in [4.78, 5) is 23.8. The zero-order valence-electron chi connectivity index (χ0n) is 13.4. The molecule has 1 aliphatic carbocycles. The summed E-state index contributed by atoms with van der Waals surface area (Å²) in [5, 5.41) is 2.76. The molecule has 0 bridgehead atoms. The lowest BCUT2D eigenvalue weighted by Gasteiger charge is -2.14. The van der Waals surface area contributed by atoms with Crippen molar-refractivity contribution < 1.29 is 14.3 Å². The first-order chi connectivity index (χ1) is 10.5. The Balaban J connectivity index is 1.72. The van der Waals surface area contributed by atoms with Gasteiger partial charge in [0.05, 0.1) is 0 Å². The van der Waals surface area contributed by atoms with E-state index in [9.17, 15) is 9.59 Å². The summed E-state index contributed by atoms with van der Waals surface area (Å²) in [6.07, 6.45) is 5.51. The molecule has 0 radical (unpaired) electrons. The number of esters is 1. The van der Waals surface area contributed by atoms with E-state index in [4.69, 9.17) is 4.74 Å². The van der Waals surface area contributed by atoms with Gasteiger partial charge < -0.3 is 10.1 Å². The Labute approximate surface area is 132 Å². The van der Waals surface area contributed by atoms with Crippen molar-refractivity contribution in [2.45, 2.75) is 58.5 Å². The first-order valence-electron chi connectivity index (χ1n) is 8.11. The van der Waals surface area contributed by atoms with Crippen LogP contribution in [-0.4, -0.2) is 18.0 Å². The van der Waals surface area contributed by atoms with E-state index in [1.807, 2.05) is 31.2 Å². The van der Waals surface area contributed by atoms with Crippen LogP contribution in [0.2, 0.25) is 0 Å². The van der Waals surface area contributed by atoms with Gasteiger partial charge in [-0.05, 0) is 38.3 Å². The standard InChI is InChI=1S/C18H25NO3/c1-13-7-10-16(11-8-13)19-18(21)14(2)22-17(20)12-9-15-5-3-4-6-15/h7-8,10-11,14-15H,3-6,9,12H2,1-2H3,(H,19,21)/t14-/m1/s1. The summed E-state index contributed by atoms with van der Waals surface area (Å²) in [6, 6.07) is 7.52. The molecule has 1 atom stereocenters. The lowest BCUT2D eigenvalue weighted by atomic mass is 10.0. The fourth-order valence-electron chi connectivity index (χ4n) is 2.81. The van der Waals surface area contributed by atoms with Gasteiger partial charge in [-0.25, -0.2) is 0 Å². The molecule has 1 aliphatic rings. The van der Waals surface area contributed by atoms with E-state index in [0.717, 1.165) is 12.0 Å². The van der Waals surface area contributed by atoms with Crippen LogP contribution in [0.1, 0.15) is 51.0 Å². The smallest absolute Gasteiger partial charge is 0.306 e. The van der Waals surface area contributed by atoms with Gasteiger partial charge >= 0.3 is 5.97 Å². The largest absolute Gasteiger partial charge is 0.453 e. The van der Waals surface area contributed by atoms with Gasteiger partial charge in [-0.15, -0.1) is 0 Å². The summed E-state index contributed by atoms with van der Waals surface area (Å²) in [5.74, 6) is 0.0840. The van der Waals surface area contributed by atoms with Crippen molar-refractivity contribution in [3.8, 4) is 0 Å². The van der Waals surface area contributed by atoms with Crippen LogP contribution in [0.25, 0.3) is 0 Å². The molecule has 1 aromatic carbocycles. The average Bonchev–Trinajstić information content (AvgIpc) is 3.01. The topological polar surface area (TPSA) is 55.4 Å². The Kier molecular flexibility index (Phi) is 5.99. The van der Waals surface area contributed by atoms with Crippen LogP contribution < -0.4 is 5.32 Å². The molecular weight excluding hydrogens is 278 g/mol. The SMILES string of the molecule is Cc1ccc(NC(=O)[C@@H](C)OC(=O)CCC2CCCC2)cc1. The molecule has 2 rings (SSSR count). The molecule has 1 saturated carbocycles. The first kappa shape index (κ1) is 16.5. The van der Waals surface area contributed by atoms with E-state index < -0.39 is 6.10 Å². The van der Waals surface area contributed by atoms with Crippen LogP contribution in [0.5, 0.6) is 0 Å². The van der Waals surface area contributed by atoms with E-state index in [-0.39, 0.29) is 11.9 Å². The Morgan fingerprint density at radius 2 is 1.86 bits per heavy atom. The molecule has 0 saturated heterocycles. The summed E-state index contributed by atoms with van der Waals surface area (Å²) >= 11 is 0. The molecule has 22 heavy (non-hydrogen) atoms. The highest BCUT2D eigenvalue weighted by atomic mass is 16.5. The number of rotatable bonds is 6. The Hall–Kier alpha value is -1.84. The Bertz CT molecular complexity index is 504. The maximum atomic E-state index is 12.0. The molecule has 1 aromatic rings. The zero-order chi connectivity index (χ0) is 15.9. The van der Waals surface area contributed by atoms with Gasteiger partial charge in [-0.1, -0.05) is 43.4 Å². The number of carbonyl (C=O) groups is 2. The normalized spacial score (nSPS) is 16.3. The van der Waals surface area contributed by atoms with Crippen molar-refractivity contribution in [1.29, 1.82) is 0 Å². The Morgan fingerprint density at radius 1 is 1.23 bits per heavy atom. The van der Waals surface area contributed by atoms with Gasteiger partial charge in [-0.3, -0.25) is 9.59 Å². The second kappa shape index (κ2) is 7.97. The van der Waals surface area contributed by atoms with Gasteiger partial charge in [-0.2, -0.15) is 0 Å². The van der Waals surface area contributed by atoms with Crippen LogP contribution in [0, 0.1) is 12.8 Å². The monoisotopic (exact) mass is 303 g/mol. The van der Waals surface area contributed by atoms with E-state index in [1.165, 1.54) is 25.7 Å². The molecule has 1 amide bonds. The molecule has 0 spiro atoms. The predicted molar refractivity (Wildman–Crippen MR) is 86.6 cm³/mol. The van der Waals surface area contributed by atoms with Crippen molar-refractivity contribution in [3.05, 3.63) is 29.8 Å². The molecule has 4 nitrogen and oxygen atoms in total. The zero-order valence-corrected chi connectivity index (χ0v) is 13.4. The minimum atomic E-state index is -0.766. The molecule has 0 heterocycles.